The van der Waals surface area contributed by atoms with E-state index >= 15 is 0 Å². The van der Waals surface area contributed by atoms with Crippen LogP contribution < -0.4 is 5.32 Å². The molecule has 2 aliphatic rings. The monoisotopic (exact) mass is 407 g/mol. The highest BCUT2D eigenvalue weighted by Gasteiger charge is 2.39. The molecule has 0 saturated carbocycles. The summed E-state index contributed by atoms with van der Waals surface area (Å²) in [5.74, 6) is 0.880. The van der Waals surface area contributed by atoms with Crippen LogP contribution in [0.1, 0.15) is 39.2 Å². The molecule has 0 aliphatic carbocycles. The molecular weight excluding hydrogens is 377 g/mol. The number of nitrogens with zero attached hydrogens (tertiary/aromatic N) is 2. The summed E-state index contributed by atoms with van der Waals surface area (Å²) in [7, 11) is 0. The standard InChI is InChI=1S/C21H30FN3O2S/c1-21(2,3)23-19(26)18-13-28-14-25(18)20(27)16-7-5-9-24(12-16)11-15-6-4-8-17(22)10-15/h4,6,8,10,16,18H,5,7,9,11-14H2,1-3H3,(H,23,26). The van der Waals surface area contributed by atoms with Crippen molar-refractivity contribution in [3.05, 3.63) is 35.6 Å². The van der Waals surface area contributed by atoms with Crippen LogP contribution in [0.15, 0.2) is 24.3 Å². The zero-order valence-electron chi connectivity index (χ0n) is 16.9. The Morgan fingerprint density at radius 1 is 1.32 bits per heavy atom. The first kappa shape index (κ1) is 21.1. The molecule has 0 bridgehead atoms. The summed E-state index contributed by atoms with van der Waals surface area (Å²) in [5.41, 5.74) is 0.610. The molecule has 1 aromatic rings. The van der Waals surface area contributed by atoms with E-state index in [0.29, 0.717) is 24.7 Å². The lowest BCUT2D eigenvalue weighted by Gasteiger charge is -2.35. The third-order valence-corrected chi connectivity index (χ3v) is 6.13. The Morgan fingerprint density at radius 3 is 2.82 bits per heavy atom. The number of hydrogen-bond acceptors (Lipinski definition) is 4. The van der Waals surface area contributed by atoms with Gasteiger partial charge in [0.05, 0.1) is 11.8 Å². The molecule has 3 rings (SSSR count). The number of thioether (sulfide) groups is 1. The zero-order valence-corrected chi connectivity index (χ0v) is 17.7. The minimum atomic E-state index is -0.393. The van der Waals surface area contributed by atoms with E-state index in [2.05, 4.69) is 10.2 Å². The maximum absolute atomic E-state index is 13.4. The number of carbonyl (C=O) groups excluding carboxylic acids is 2. The molecule has 154 valence electrons. The third kappa shape index (κ3) is 5.47. The van der Waals surface area contributed by atoms with Gasteiger partial charge in [-0.15, -0.1) is 11.8 Å². The van der Waals surface area contributed by atoms with Crippen LogP contribution >= 0.6 is 11.8 Å². The van der Waals surface area contributed by atoms with Gasteiger partial charge in [0.25, 0.3) is 0 Å². The predicted molar refractivity (Wildman–Crippen MR) is 110 cm³/mol. The van der Waals surface area contributed by atoms with Crippen LogP contribution in [0, 0.1) is 11.7 Å². The molecule has 1 N–H and O–H groups in total. The van der Waals surface area contributed by atoms with Crippen molar-refractivity contribution < 1.29 is 14.0 Å². The van der Waals surface area contributed by atoms with Crippen molar-refractivity contribution in [3.8, 4) is 0 Å². The predicted octanol–water partition coefficient (Wildman–Crippen LogP) is 2.85. The zero-order chi connectivity index (χ0) is 20.3. The number of piperidine rings is 1. The minimum Gasteiger partial charge on any atom is -0.350 e. The molecule has 2 atom stereocenters. The van der Waals surface area contributed by atoms with Gasteiger partial charge >= 0.3 is 0 Å². The number of likely N-dealkylation sites (tertiary alicyclic amines) is 1. The van der Waals surface area contributed by atoms with Gasteiger partial charge in [-0.3, -0.25) is 14.5 Å². The summed E-state index contributed by atoms with van der Waals surface area (Å²) in [5, 5.41) is 3.00. The maximum atomic E-state index is 13.4. The Kier molecular flexibility index (Phi) is 6.65. The van der Waals surface area contributed by atoms with Crippen LogP contribution in [-0.2, 0) is 16.1 Å². The summed E-state index contributed by atoms with van der Waals surface area (Å²) >= 11 is 1.63. The number of halogens is 1. The molecule has 2 unspecified atom stereocenters. The number of benzene rings is 1. The molecular formula is C21H30FN3O2S. The Balaban J connectivity index is 1.62. The van der Waals surface area contributed by atoms with E-state index in [-0.39, 0.29) is 29.1 Å². The number of amides is 2. The van der Waals surface area contributed by atoms with Gasteiger partial charge < -0.3 is 10.2 Å². The smallest absolute Gasteiger partial charge is 0.244 e. The lowest BCUT2D eigenvalue weighted by molar-refractivity contribution is -0.143. The second-order valence-electron chi connectivity index (χ2n) is 8.77. The number of carbonyl (C=O) groups is 2. The van der Waals surface area contributed by atoms with Crippen molar-refractivity contribution in [2.45, 2.75) is 51.7 Å². The molecule has 0 aromatic heterocycles. The molecule has 2 heterocycles. The van der Waals surface area contributed by atoms with E-state index in [0.717, 1.165) is 24.9 Å². The van der Waals surface area contributed by atoms with E-state index in [1.807, 2.05) is 26.8 Å². The van der Waals surface area contributed by atoms with Crippen molar-refractivity contribution in [1.82, 2.24) is 15.1 Å². The quantitative estimate of drug-likeness (QED) is 0.834. The molecule has 2 fully saturated rings. The van der Waals surface area contributed by atoms with Gasteiger partial charge in [-0.25, -0.2) is 4.39 Å². The third-order valence-electron chi connectivity index (χ3n) is 5.12. The Bertz CT molecular complexity index is 722. The maximum Gasteiger partial charge on any atom is 0.244 e. The Labute approximate surface area is 171 Å². The lowest BCUT2D eigenvalue weighted by atomic mass is 9.95. The SMILES string of the molecule is CC(C)(C)NC(=O)C1CSCN1C(=O)C1CCCN(Cc2cccc(F)c2)C1. The summed E-state index contributed by atoms with van der Waals surface area (Å²) in [6, 6.07) is 6.24. The second kappa shape index (κ2) is 8.82. The molecule has 7 heteroatoms. The average molecular weight is 408 g/mol. The molecule has 2 saturated heterocycles. The fourth-order valence-corrected chi connectivity index (χ4v) is 5.02. The van der Waals surface area contributed by atoms with Crippen molar-refractivity contribution in [2.24, 2.45) is 5.92 Å². The van der Waals surface area contributed by atoms with Crippen LogP contribution in [0.25, 0.3) is 0 Å². The van der Waals surface area contributed by atoms with Crippen LogP contribution in [0.4, 0.5) is 4.39 Å². The van der Waals surface area contributed by atoms with Crippen LogP contribution in [-0.4, -0.2) is 57.9 Å². The van der Waals surface area contributed by atoms with Gasteiger partial charge in [0.1, 0.15) is 11.9 Å². The van der Waals surface area contributed by atoms with Gasteiger partial charge in [-0.1, -0.05) is 12.1 Å². The number of rotatable bonds is 4. The Hall–Kier alpha value is -1.60. The van der Waals surface area contributed by atoms with Crippen LogP contribution in [0.3, 0.4) is 0 Å². The van der Waals surface area contributed by atoms with Gasteiger partial charge in [0.15, 0.2) is 0 Å². The Morgan fingerprint density at radius 2 is 2.11 bits per heavy atom. The summed E-state index contributed by atoms with van der Waals surface area (Å²) in [6.45, 7) is 8.05. The molecule has 5 nitrogen and oxygen atoms in total. The number of nitrogens with one attached hydrogen (secondary N) is 1. The molecule has 2 amide bonds. The van der Waals surface area contributed by atoms with E-state index in [9.17, 15) is 14.0 Å². The fourth-order valence-electron chi connectivity index (χ4n) is 3.86. The van der Waals surface area contributed by atoms with Gasteiger partial charge in [-0.05, 0) is 57.9 Å². The summed E-state index contributed by atoms with van der Waals surface area (Å²) < 4.78 is 13.4. The average Bonchev–Trinajstić information content (AvgIpc) is 3.10. The van der Waals surface area contributed by atoms with E-state index < -0.39 is 6.04 Å². The summed E-state index contributed by atoms with van der Waals surface area (Å²) in [6.07, 6.45) is 1.78. The van der Waals surface area contributed by atoms with E-state index in [4.69, 9.17) is 0 Å². The highest BCUT2D eigenvalue weighted by Crippen LogP contribution is 2.27. The van der Waals surface area contributed by atoms with Crippen molar-refractivity contribution >= 4 is 23.6 Å². The largest absolute Gasteiger partial charge is 0.350 e. The van der Waals surface area contributed by atoms with E-state index in [1.54, 1.807) is 28.8 Å². The normalized spacial score (nSPS) is 23.6. The fraction of sp³-hybridized carbons (Fsp3) is 0.619. The van der Waals surface area contributed by atoms with Crippen molar-refractivity contribution in [3.63, 3.8) is 0 Å². The molecule has 2 aliphatic heterocycles. The second-order valence-corrected chi connectivity index (χ2v) is 9.77. The van der Waals surface area contributed by atoms with Gasteiger partial charge in [-0.2, -0.15) is 0 Å². The highest BCUT2D eigenvalue weighted by atomic mass is 32.2. The highest BCUT2D eigenvalue weighted by molar-refractivity contribution is 7.99. The molecule has 0 spiro atoms. The minimum absolute atomic E-state index is 0.0710. The summed E-state index contributed by atoms with van der Waals surface area (Å²) in [4.78, 5) is 29.8. The topological polar surface area (TPSA) is 52.7 Å². The molecule has 0 radical (unpaired) electrons. The first-order valence-corrected chi connectivity index (χ1v) is 11.1. The van der Waals surface area contributed by atoms with Crippen molar-refractivity contribution in [1.29, 1.82) is 0 Å². The first-order valence-electron chi connectivity index (χ1n) is 9.90. The number of hydrogen-bond donors (Lipinski definition) is 1. The van der Waals surface area contributed by atoms with Gasteiger partial charge in [0, 0.05) is 24.4 Å². The lowest BCUT2D eigenvalue weighted by Crippen LogP contribution is -2.54. The molecule has 28 heavy (non-hydrogen) atoms. The van der Waals surface area contributed by atoms with Crippen molar-refractivity contribution in [2.75, 3.05) is 24.7 Å². The first-order chi connectivity index (χ1) is 13.2. The van der Waals surface area contributed by atoms with Gasteiger partial charge in [0.2, 0.25) is 11.8 Å². The van der Waals surface area contributed by atoms with Crippen LogP contribution in [0.2, 0.25) is 0 Å². The van der Waals surface area contributed by atoms with E-state index in [1.165, 1.54) is 6.07 Å². The molecule has 1 aromatic carbocycles. The van der Waals surface area contributed by atoms with Crippen LogP contribution in [0.5, 0.6) is 0 Å².